The van der Waals surface area contributed by atoms with Crippen LogP contribution in [0.15, 0.2) is 23.2 Å². The second-order valence-corrected chi connectivity index (χ2v) is 6.11. The fraction of sp³-hybridized carbons (Fsp3) is 0.588. The van der Waals surface area contributed by atoms with Crippen LogP contribution in [-0.4, -0.2) is 75.8 Å². The number of rotatable bonds is 6. The van der Waals surface area contributed by atoms with Gasteiger partial charge in [-0.25, -0.2) is 0 Å². The van der Waals surface area contributed by atoms with E-state index in [1.807, 2.05) is 18.2 Å². The van der Waals surface area contributed by atoms with Gasteiger partial charge in [0.2, 0.25) is 0 Å². The van der Waals surface area contributed by atoms with E-state index in [2.05, 4.69) is 34.1 Å². The number of nitrogens with two attached hydrogens (primary N) is 1. The molecule has 0 aliphatic carbocycles. The van der Waals surface area contributed by atoms with Gasteiger partial charge in [0, 0.05) is 44.0 Å². The summed E-state index contributed by atoms with van der Waals surface area (Å²) < 4.78 is 10.5. The summed E-state index contributed by atoms with van der Waals surface area (Å²) >= 11 is 0. The first-order valence-corrected chi connectivity index (χ1v) is 8.25. The number of piperazine rings is 1. The summed E-state index contributed by atoms with van der Waals surface area (Å²) in [7, 11) is 5.38. The SMILES string of the molecule is COc1ccc(NC(N)=NCC(C)N2CCN(C)CC2)cc1OC. The Balaban J connectivity index is 1.89. The number of hydrogen-bond acceptors (Lipinski definition) is 5. The third kappa shape index (κ3) is 5.01. The minimum Gasteiger partial charge on any atom is -0.493 e. The number of nitrogens with zero attached hydrogens (tertiary/aromatic N) is 3. The Labute approximate surface area is 144 Å². The lowest BCUT2D eigenvalue weighted by atomic mass is 10.2. The standard InChI is InChI=1S/C17H29N5O2/c1-13(22-9-7-21(2)8-10-22)12-19-17(18)20-14-5-6-15(23-3)16(11-14)24-4/h5-6,11,13H,7-10,12H2,1-4H3,(H3,18,19,20). The average molecular weight is 335 g/mol. The van der Waals surface area contributed by atoms with Gasteiger partial charge in [-0.3, -0.25) is 9.89 Å². The maximum atomic E-state index is 6.01. The van der Waals surface area contributed by atoms with Crippen molar-refractivity contribution in [2.24, 2.45) is 10.7 Å². The number of anilines is 1. The number of hydrogen-bond donors (Lipinski definition) is 2. The van der Waals surface area contributed by atoms with Gasteiger partial charge in [0.15, 0.2) is 17.5 Å². The quantitative estimate of drug-likeness (QED) is 0.598. The molecule has 2 rings (SSSR count). The molecule has 0 spiro atoms. The predicted molar refractivity (Wildman–Crippen MR) is 98.2 cm³/mol. The molecule has 1 aromatic rings. The molecule has 0 bridgehead atoms. The van der Waals surface area contributed by atoms with Crippen molar-refractivity contribution in [3.8, 4) is 11.5 Å². The molecule has 1 fully saturated rings. The van der Waals surface area contributed by atoms with Gasteiger partial charge < -0.3 is 25.4 Å². The van der Waals surface area contributed by atoms with Gasteiger partial charge in [0.25, 0.3) is 0 Å². The third-order valence-electron chi connectivity index (χ3n) is 4.34. The van der Waals surface area contributed by atoms with Gasteiger partial charge in [-0.2, -0.15) is 0 Å². The zero-order chi connectivity index (χ0) is 17.5. The zero-order valence-electron chi connectivity index (χ0n) is 15.1. The molecule has 1 aliphatic rings. The first-order chi connectivity index (χ1) is 11.5. The lowest BCUT2D eigenvalue weighted by molar-refractivity contribution is 0.122. The van der Waals surface area contributed by atoms with Crippen LogP contribution in [0.4, 0.5) is 5.69 Å². The second-order valence-electron chi connectivity index (χ2n) is 6.11. The molecule has 1 saturated heterocycles. The van der Waals surface area contributed by atoms with E-state index in [-0.39, 0.29) is 0 Å². The number of likely N-dealkylation sites (N-methyl/N-ethyl adjacent to an activating group) is 1. The Morgan fingerprint density at radius 3 is 2.50 bits per heavy atom. The summed E-state index contributed by atoms with van der Waals surface area (Å²) in [6.45, 7) is 7.24. The van der Waals surface area contributed by atoms with E-state index in [1.54, 1.807) is 14.2 Å². The third-order valence-corrected chi connectivity index (χ3v) is 4.34. The molecule has 24 heavy (non-hydrogen) atoms. The molecule has 134 valence electrons. The smallest absolute Gasteiger partial charge is 0.193 e. The Hall–Kier alpha value is -1.99. The largest absolute Gasteiger partial charge is 0.493 e. The molecule has 0 radical (unpaired) electrons. The highest BCUT2D eigenvalue weighted by Gasteiger charge is 2.18. The van der Waals surface area contributed by atoms with Crippen molar-refractivity contribution >= 4 is 11.6 Å². The van der Waals surface area contributed by atoms with Crippen LogP contribution in [0.2, 0.25) is 0 Å². The maximum Gasteiger partial charge on any atom is 0.193 e. The highest BCUT2D eigenvalue weighted by Crippen LogP contribution is 2.29. The Bertz CT molecular complexity index is 556. The average Bonchev–Trinajstić information content (AvgIpc) is 2.60. The van der Waals surface area contributed by atoms with Gasteiger partial charge in [-0.15, -0.1) is 0 Å². The normalized spacial score (nSPS) is 18.2. The molecule has 3 N–H and O–H groups in total. The summed E-state index contributed by atoms with van der Waals surface area (Å²) in [5, 5.41) is 3.10. The summed E-state index contributed by atoms with van der Waals surface area (Å²) in [4.78, 5) is 9.27. The summed E-state index contributed by atoms with van der Waals surface area (Å²) in [6.07, 6.45) is 0. The topological polar surface area (TPSA) is 75.4 Å². The fourth-order valence-electron chi connectivity index (χ4n) is 2.71. The van der Waals surface area contributed by atoms with Crippen molar-refractivity contribution < 1.29 is 9.47 Å². The van der Waals surface area contributed by atoms with E-state index >= 15 is 0 Å². The number of methoxy groups -OCH3 is 2. The molecule has 1 heterocycles. The van der Waals surface area contributed by atoms with E-state index in [9.17, 15) is 0 Å². The molecule has 7 nitrogen and oxygen atoms in total. The molecule has 1 atom stereocenters. The van der Waals surface area contributed by atoms with Crippen molar-refractivity contribution in [3.05, 3.63) is 18.2 Å². The summed E-state index contributed by atoms with van der Waals surface area (Å²) in [6, 6.07) is 5.93. The monoisotopic (exact) mass is 335 g/mol. The van der Waals surface area contributed by atoms with Crippen molar-refractivity contribution in [1.29, 1.82) is 0 Å². The van der Waals surface area contributed by atoms with E-state index in [1.165, 1.54) is 0 Å². The van der Waals surface area contributed by atoms with E-state index < -0.39 is 0 Å². The van der Waals surface area contributed by atoms with E-state index in [0.29, 0.717) is 30.0 Å². The van der Waals surface area contributed by atoms with Gasteiger partial charge >= 0.3 is 0 Å². The number of guanidine groups is 1. The lowest BCUT2D eigenvalue weighted by Crippen LogP contribution is -2.49. The van der Waals surface area contributed by atoms with Crippen LogP contribution in [0.5, 0.6) is 11.5 Å². The highest BCUT2D eigenvalue weighted by molar-refractivity contribution is 5.92. The van der Waals surface area contributed by atoms with Crippen LogP contribution < -0.4 is 20.5 Å². The van der Waals surface area contributed by atoms with Crippen molar-refractivity contribution in [3.63, 3.8) is 0 Å². The number of ether oxygens (including phenoxy) is 2. The van der Waals surface area contributed by atoms with Crippen molar-refractivity contribution in [1.82, 2.24) is 9.80 Å². The number of nitrogens with one attached hydrogen (secondary N) is 1. The van der Waals surface area contributed by atoms with Crippen LogP contribution in [0, 0.1) is 0 Å². The fourth-order valence-corrected chi connectivity index (χ4v) is 2.71. The second kappa shape index (κ2) is 8.75. The van der Waals surface area contributed by atoms with Gasteiger partial charge in [0.1, 0.15) is 0 Å². The predicted octanol–water partition coefficient (Wildman–Crippen LogP) is 1.07. The van der Waals surface area contributed by atoms with E-state index in [4.69, 9.17) is 15.2 Å². The van der Waals surface area contributed by atoms with Gasteiger partial charge in [-0.1, -0.05) is 0 Å². The number of benzene rings is 1. The molecule has 7 heteroatoms. The zero-order valence-corrected chi connectivity index (χ0v) is 15.1. The molecule has 1 unspecified atom stereocenters. The Morgan fingerprint density at radius 2 is 1.88 bits per heavy atom. The number of aliphatic imine (C=N–C) groups is 1. The molecular formula is C17H29N5O2. The van der Waals surface area contributed by atoms with Gasteiger partial charge in [-0.05, 0) is 26.1 Å². The minimum absolute atomic E-state index is 0.379. The van der Waals surface area contributed by atoms with Gasteiger partial charge in [0.05, 0.1) is 20.8 Å². The molecule has 0 saturated carbocycles. The summed E-state index contributed by atoms with van der Waals surface area (Å²) in [5.41, 5.74) is 6.83. The van der Waals surface area contributed by atoms with E-state index in [0.717, 1.165) is 31.9 Å². The van der Waals surface area contributed by atoms with Crippen LogP contribution in [-0.2, 0) is 0 Å². The minimum atomic E-state index is 0.379. The van der Waals surface area contributed by atoms with Crippen LogP contribution in [0.25, 0.3) is 0 Å². The van der Waals surface area contributed by atoms with Crippen LogP contribution >= 0.6 is 0 Å². The van der Waals surface area contributed by atoms with Crippen molar-refractivity contribution in [2.45, 2.75) is 13.0 Å². The first-order valence-electron chi connectivity index (χ1n) is 8.25. The molecule has 1 aromatic carbocycles. The maximum absolute atomic E-state index is 6.01. The van der Waals surface area contributed by atoms with Crippen LogP contribution in [0.3, 0.4) is 0 Å². The Morgan fingerprint density at radius 1 is 1.21 bits per heavy atom. The Kier molecular flexibility index (Phi) is 6.69. The molecular weight excluding hydrogens is 306 g/mol. The summed E-state index contributed by atoms with van der Waals surface area (Å²) in [5.74, 6) is 1.74. The first kappa shape index (κ1) is 18.4. The molecule has 0 amide bonds. The highest BCUT2D eigenvalue weighted by atomic mass is 16.5. The lowest BCUT2D eigenvalue weighted by Gasteiger charge is -2.35. The molecule has 0 aromatic heterocycles. The van der Waals surface area contributed by atoms with Crippen molar-refractivity contribution in [2.75, 3.05) is 59.3 Å². The molecule has 1 aliphatic heterocycles. The van der Waals surface area contributed by atoms with Crippen LogP contribution in [0.1, 0.15) is 6.92 Å².